The Morgan fingerprint density at radius 3 is 2.82 bits per heavy atom. The van der Waals surface area contributed by atoms with Crippen molar-refractivity contribution >= 4 is 11.6 Å². The van der Waals surface area contributed by atoms with Gasteiger partial charge in [-0.05, 0) is 54.7 Å². The Morgan fingerprint density at radius 1 is 1.35 bits per heavy atom. The number of hydrogen-bond acceptors (Lipinski definition) is 1. The summed E-state index contributed by atoms with van der Waals surface area (Å²) in [6.07, 6.45) is 5.23. The zero-order chi connectivity index (χ0) is 11.8. The average molecular weight is 251 g/mol. The smallest absolute Gasteiger partial charge is 0.119 e. The number of alkyl halides is 1. The molecule has 0 radical (unpaired) electrons. The van der Waals surface area contributed by atoms with Gasteiger partial charge in [0.15, 0.2) is 0 Å². The van der Waals surface area contributed by atoms with Crippen molar-refractivity contribution < 1.29 is 4.74 Å². The van der Waals surface area contributed by atoms with Crippen molar-refractivity contribution in [2.45, 2.75) is 31.1 Å². The first-order valence-electron chi connectivity index (χ1n) is 6.56. The molecule has 2 aliphatic carbocycles. The summed E-state index contributed by atoms with van der Waals surface area (Å²) >= 11 is 6.57. The summed E-state index contributed by atoms with van der Waals surface area (Å²) in [7, 11) is 1.71. The van der Waals surface area contributed by atoms with Gasteiger partial charge in [-0.1, -0.05) is 18.6 Å². The lowest BCUT2D eigenvalue weighted by atomic mass is 10.0. The minimum atomic E-state index is 0.317. The number of halogens is 1. The number of rotatable bonds is 4. The van der Waals surface area contributed by atoms with E-state index in [1.807, 2.05) is 12.1 Å². The van der Waals surface area contributed by atoms with Crippen molar-refractivity contribution in [2.75, 3.05) is 7.11 Å². The van der Waals surface area contributed by atoms with E-state index in [-0.39, 0.29) is 0 Å². The van der Waals surface area contributed by atoms with Crippen LogP contribution in [0.2, 0.25) is 0 Å². The van der Waals surface area contributed by atoms with Crippen LogP contribution < -0.4 is 4.74 Å². The fourth-order valence-electron chi connectivity index (χ4n) is 3.57. The van der Waals surface area contributed by atoms with E-state index in [2.05, 4.69) is 12.1 Å². The molecule has 0 aromatic heterocycles. The maximum Gasteiger partial charge on any atom is 0.119 e. The molecule has 3 unspecified atom stereocenters. The van der Waals surface area contributed by atoms with Crippen LogP contribution in [0.3, 0.4) is 0 Å². The summed E-state index contributed by atoms with van der Waals surface area (Å²) in [5.74, 6) is 3.62. The van der Waals surface area contributed by atoms with Gasteiger partial charge in [0.05, 0.1) is 7.11 Å². The SMILES string of the molecule is COc1cccc(CC(Cl)C2C3CCCC32)c1. The highest BCUT2D eigenvalue weighted by atomic mass is 35.5. The van der Waals surface area contributed by atoms with Gasteiger partial charge < -0.3 is 4.74 Å². The molecule has 3 rings (SSSR count). The molecule has 17 heavy (non-hydrogen) atoms. The molecule has 2 heteroatoms. The van der Waals surface area contributed by atoms with Gasteiger partial charge in [-0.25, -0.2) is 0 Å². The highest BCUT2D eigenvalue weighted by Gasteiger charge is 2.55. The maximum absolute atomic E-state index is 6.57. The Morgan fingerprint density at radius 2 is 2.12 bits per heavy atom. The highest BCUT2D eigenvalue weighted by Crippen LogP contribution is 2.60. The fraction of sp³-hybridized carbons (Fsp3) is 0.600. The van der Waals surface area contributed by atoms with Crippen LogP contribution >= 0.6 is 11.6 Å². The van der Waals surface area contributed by atoms with E-state index >= 15 is 0 Å². The van der Waals surface area contributed by atoms with Crippen molar-refractivity contribution in [2.24, 2.45) is 17.8 Å². The predicted molar refractivity (Wildman–Crippen MR) is 70.7 cm³/mol. The minimum Gasteiger partial charge on any atom is -0.497 e. The van der Waals surface area contributed by atoms with Crippen LogP contribution in [0.1, 0.15) is 24.8 Å². The predicted octanol–water partition coefficient (Wildman–Crippen LogP) is 3.89. The normalized spacial score (nSPS) is 32.0. The van der Waals surface area contributed by atoms with Crippen LogP contribution in [0.4, 0.5) is 0 Å². The van der Waals surface area contributed by atoms with E-state index in [1.165, 1.54) is 24.8 Å². The van der Waals surface area contributed by atoms with Crippen molar-refractivity contribution in [1.82, 2.24) is 0 Å². The van der Waals surface area contributed by atoms with Crippen LogP contribution in [0.25, 0.3) is 0 Å². The Balaban J connectivity index is 1.62. The van der Waals surface area contributed by atoms with Crippen LogP contribution in [0.15, 0.2) is 24.3 Å². The number of ether oxygens (including phenoxy) is 1. The molecule has 0 bridgehead atoms. The third-order valence-electron chi connectivity index (χ3n) is 4.46. The van der Waals surface area contributed by atoms with Gasteiger partial charge in [0.25, 0.3) is 0 Å². The van der Waals surface area contributed by atoms with Crippen molar-refractivity contribution in [3.8, 4) is 5.75 Å². The largest absolute Gasteiger partial charge is 0.497 e. The minimum absolute atomic E-state index is 0.317. The van der Waals surface area contributed by atoms with Gasteiger partial charge in [0, 0.05) is 5.38 Å². The molecule has 0 amide bonds. The van der Waals surface area contributed by atoms with Gasteiger partial charge in [0.2, 0.25) is 0 Å². The lowest BCUT2D eigenvalue weighted by Crippen LogP contribution is -2.10. The first kappa shape index (κ1) is 11.4. The highest BCUT2D eigenvalue weighted by molar-refractivity contribution is 6.21. The molecule has 0 N–H and O–H groups in total. The van der Waals surface area contributed by atoms with Crippen LogP contribution in [0.5, 0.6) is 5.75 Å². The molecule has 2 aliphatic rings. The zero-order valence-corrected chi connectivity index (χ0v) is 11.0. The second-order valence-corrected chi connectivity index (χ2v) is 5.97. The molecule has 2 fully saturated rings. The summed E-state index contributed by atoms with van der Waals surface area (Å²) < 4.78 is 5.24. The second kappa shape index (κ2) is 4.53. The Labute approximate surface area is 108 Å². The third kappa shape index (κ3) is 2.18. The Kier molecular flexibility index (Phi) is 3.04. The van der Waals surface area contributed by atoms with Gasteiger partial charge in [-0.15, -0.1) is 11.6 Å². The molecule has 2 saturated carbocycles. The van der Waals surface area contributed by atoms with Crippen LogP contribution in [-0.4, -0.2) is 12.5 Å². The molecule has 1 nitrogen and oxygen atoms in total. The molecular formula is C15H19ClO. The quantitative estimate of drug-likeness (QED) is 0.737. The lowest BCUT2D eigenvalue weighted by Gasteiger charge is -2.12. The van der Waals surface area contributed by atoms with Crippen molar-refractivity contribution in [1.29, 1.82) is 0 Å². The van der Waals surface area contributed by atoms with E-state index in [0.29, 0.717) is 5.38 Å². The van der Waals surface area contributed by atoms with Crippen molar-refractivity contribution in [3.63, 3.8) is 0 Å². The zero-order valence-electron chi connectivity index (χ0n) is 10.2. The van der Waals surface area contributed by atoms with E-state index in [4.69, 9.17) is 16.3 Å². The van der Waals surface area contributed by atoms with Crippen LogP contribution in [-0.2, 0) is 6.42 Å². The topological polar surface area (TPSA) is 9.23 Å². The number of hydrogen-bond donors (Lipinski definition) is 0. The number of fused-ring (bicyclic) bond motifs is 1. The summed E-state index contributed by atoms with van der Waals surface area (Å²) in [5, 5.41) is 0.317. The maximum atomic E-state index is 6.57. The van der Waals surface area contributed by atoms with Gasteiger partial charge in [-0.3, -0.25) is 0 Å². The monoisotopic (exact) mass is 250 g/mol. The molecule has 1 aromatic rings. The molecule has 0 aliphatic heterocycles. The summed E-state index contributed by atoms with van der Waals surface area (Å²) in [6.45, 7) is 0. The molecule has 0 spiro atoms. The van der Waals surface area contributed by atoms with E-state index in [0.717, 1.165) is 29.9 Å². The first-order chi connectivity index (χ1) is 8.29. The van der Waals surface area contributed by atoms with Crippen LogP contribution in [0, 0.1) is 17.8 Å². The van der Waals surface area contributed by atoms with E-state index in [9.17, 15) is 0 Å². The standard InChI is InChI=1S/C15H19ClO/c1-17-11-5-2-4-10(8-11)9-14(16)15-12-6-3-7-13(12)15/h2,4-5,8,12-15H,3,6-7,9H2,1H3. The Hall–Kier alpha value is -0.690. The Bertz CT molecular complexity index is 394. The fourth-order valence-corrected chi connectivity index (χ4v) is 4.13. The number of methoxy groups -OCH3 is 1. The first-order valence-corrected chi connectivity index (χ1v) is 7.00. The van der Waals surface area contributed by atoms with Gasteiger partial charge in [-0.2, -0.15) is 0 Å². The molecular weight excluding hydrogens is 232 g/mol. The third-order valence-corrected chi connectivity index (χ3v) is 4.90. The molecule has 0 saturated heterocycles. The average Bonchev–Trinajstić information content (AvgIpc) is 2.84. The molecule has 1 aromatic carbocycles. The summed E-state index contributed by atoms with van der Waals surface area (Å²) in [6, 6.07) is 8.29. The summed E-state index contributed by atoms with van der Waals surface area (Å²) in [4.78, 5) is 0. The summed E-state index contributed by atoms with van der Waals surface area (Å²) in [5.41, 5.74) is 1.30. The van der Waals surface area contributed by atoms with E-state index in [1.54, 1.807) is 7.11 Å². The van der Waals surface area contributed by atoms with E-state index < -0.39 is 0 Å². The van der Waals surface area contributed by atoms with Crippen molar-refractivity contribution in [3.05, 3.63) is 29.8 Å². The molecule has 0 heterocycles. The second-order valence-electron chi connectivity index (χ2n) is 5.41. The van der Waals surface area contributed by atoms with Gasteiger partial charge >= 0.3 is 0 Å². The molecule has 92 valence electrons. The molecule has 3 atom stereocenters. The number of benzene rings is 1. The lowest BCUT2D eigenvalue weighted by molar-refractivity contribution is 0.414. The van der Waals surface area contributed by atoms with Gasteiger partial charge in [0.1, 0.15) is 5.75 Å².